The van der Waals surface area contributed by atoms with Crippen molar-refractivity contribution in [1.82, 2.24) is 0 Å². The molecule has 10 heteroatoms. The van der Waals surface area contributed by atoms with Crippen LogP contribution in [-0.2, 0) is 28.5 Å². The van der Waals surface area contributed by atoms with Gasteiger partial charge < -0.3 is 14.2 Å². The number of carbonyl (C=O) groups excluding carboxylic acids is 2. The van der Waals surface area contributed by atoms with Crippen molar-refractivity contribution >= 4 is 52.9 Å². The second-order valence-corrected chi connectivity index (χ2v) is 31.5. The predicted molar refractivity (Wildman–Crippen MR) is 247 cm³/mol. The number of allylic oxidation sites excluding steroid dienone is 4. The number of methoxy groups -OCH3 is 2. The number of hydrogen-bond acceptors (Lipinski definition) is 8. The third-order valence-corrected chi connectivity index (χ3v) is 28.2. The fourth-order valence-corrected chi connectivity index (χ4v) is 24.2. The first kappa shape index (κ1) is 50.3. The first-order valence-electron chi connectivity index (χ1n) is 22.0. The Morgan fingerprint density at radius 3 is 1.40 bits per heavy atom. The van der Waals surface area contributed by atoms with Crippen LogP contribution < -0.4 is 9.47 Å². The molecule has 4 rings (SSSR count). The molecule has 0 N–H and O–H groups in total. The van der Waals surface area contributed by atoms with Crippen LogP contribution in [0.5, 0.6) is 11.5 Å². The zero-order valence-electron chi connectivity index (χ0n) is 36.7. The molecule has 0 amide bonds. The molecule has 0 saturated carbocycles. The van der Waals surface area contributed by atoms with Gasteiger partial charge in [0.15, 0.2) is 6.29 Å². The Morgan fingerprint density at radius 1 is 0.672 bits per heavy atom. The van der Waals surface area contributed by atoms with Gasteiger partial charge in [0, 0.05) is 12.3 Å². The molecule has 58 heavy (non-hydrogen) atoms. The predicted octanol–water partition coefficient (Wildman–Crippen LogP) is 13.2. The van der Waals surface area contributed by atoms with Crippen molar-refractivity contribution in [2.24, 2.45) is 0 Å². The number of hydrogen-bond donors (Lipinski definition) is 0. The van der Waals surface area contributed by atoms with E-state index in [1.54, 1.807) is 3.59 Å². The van der Waals surface area contributed by atoms with Gasteiger partial charge in [0.1, 0.15) is 5.75 Å². The molecule has 2 saturated heterocycles. The summed E-state index contributed by atoms with van der Waals surface area (Å²) < 4.78 is 40.2. The maximum atomic E-state index is 12.4. The first-order valence-corrected chi connectivity index (χ1v) is 30.5. The van der Waals surface area contributed by atoms with Crippen molar-refractivity contribution in [3.05, 3.63) is 79.0 Å². The van der Waals surface area contributed by atoms with Crippen LogP contribution in [-0.4, -0.2) is 70.3 Å². The Kier molecular flexibility index (Phi) is 24.6. The van der Waals surface area contributed by atoms with E-state index in [-0.39, 0.29) is 36.4 Å². The molecule has 0 aliphatic carbocycles. The summed E-state index contributed by atoms with van der Waals surface area (Å²) in [6.45, 7) is 12.9. The minimum Gasteiger partial charge on any atom is -0.469 e. The van der Waals surface area contributed by atoms with Gasteiger partial charge in [-0.15, -0.1) is 0 Å². The summed E-state index contributed by atoms with van der Waals surface area (Å²) in [5.74, 6) is 1.34. The van der Waals surface area contributed by atoms with Crippen LogP contribution in [0.25, 0.3) is 0 Å². The Bertz CT molecular complexity index is 1490. The van der Waals surface area contributed by atoms with Crippen molar-refractivity contribution in [1.29, 1.82) is 0 Å². The molecule has 2 aromatic rings. The zero-order chi connectivity index (χ0) is 42.2. The van der Waals surface area contributed by atoms with E-state index in [9.17, 15) is 9.59 Å². The summed E-state index contributed by atoms with van der Waals surface area (Å²) in [6.07, 6.45) is 19.2. The number of carbonyl (C=O) groups is 2. The third kappa shape index (κ3) is 18.3. The topological polar surface area (TPSA) is 89.5 Å². The van der Waals surface area contributed by atoms with Crippen molar-refractivity contribution in [3.8, 4) is 11.5 Å². The van der Waals surface area contributed by atoms with Gasteiger partial charge in [-0.2, -0.15) is 0 Å². The molecule has 2 fully saturated rings. The molecule has 8 nitrogen and oxygen atoms in total. The molecule has 2 unspecified atom stereocenters. The largest absolute Gasteiger partial charge is 0.469 e. The van der Waals surface area contributed by atoms with Crippen LogP contribution in [0.2, 0.25) is 13.3 Å². The van der Waals surface area contributed by atoms with Gasteiger partial charge in [-0.1, -0.05) is 18.2 Å². The number of benzene rings is 2. The fraction of sp³-hybridized carbons (Fsp3) is 0.625. The summed E-state index contributed by atoms with van der Waals surface area (Å²) >= 11 is -0.264. The smallest absolute Gasteiger partial charge is 0.306 e. The van der Waals surface area contributed by atoms with Gasteiger partial charge in [-0.3, -0.25) is 4.79 Å². The Labute approximate surface area is 368 Å². The van der Waals surface area contributed by atoms with Gasteiger partial charge in [0.25, 0.3) is 0 Å². The normalized spacial score (nSPS) is 18.6. The molecular weight excluding hydrogens is 950 g/mol. The Morgan fingerprint density at radius 2 is 1.07 bits per heavy atom. The maximum Gasteiger partial charge on any atom is 0.306 e. The second kappa shape index (κ2) is 28.4. The SMILES string of the molecule is CCC[CH2][Sn]([CH2]CCC)([CH2]CCC)/[C](C)=C/[C@@H](CC(=O)OC)c1ccc(OC2CCCCO2)cc1.COC(=O)C[C@H](/C=C(\C)I)c1ccc(OC2CCCCO2)cc1. The minimum absolute atomic E-state index is 0.0133. The standard InChI is InChI=1S/C18H23IO4.C18H23O4.3C4H9.Sn/c1-13(19)11-15(12-17(20)21-2)14-6-8-16(9-7-14)23-18-5-3-4-10-22-18;1-3-6-15(13-17(19)20-2)14-8-10-16(11-9-14)22-18-7-4-5-12-21-18;3*1-3-4-2;/h6-9,11,15,18H,3-5,10,12H2,1-2H3;6,8-11,15,18H,4-5,7,12-13H2,1-2H3;3*1,3-4H2,2H3;/b13-11+;;;;;/t2*15-,18?;;;;/m00..../s1. The summed E-state index contributed by atoms with van der Waals surface area (Å²) in [5.41, 5.74) is 2.23. The summed E-state index contributed by atoms with van der Waals surface area (Å²) in [4.78, 5) is 24.0. The number of halogens is 1. The summed E-state index contributed by atoms with van der Waals surface area (Å²) in [5, 5.41) is 0. The first-order chi connectivity index (χ1) is 28.1. The molecule has 0 spiro atoms. The number of esters is 2. The van der Waals surface area contributed by atoms with Crippen molar-refractivity contribution in [2.45, 2.75) is 162 Å². The third-order valence-electron chi connectivity index (χ3n) is 11.4. The van der Waals surface area contributed by atoms with Crippen molar-refractivity contribution in [3.63, 3.8) is 0 Å². The average Bonchev–Trinajstić information content (AvgIpc) is 3.24. The van der Waals surface area contributed by atoms with Crippen LogP contribution >= 0.6 is 22.6 Å². The van der Waals surface area contributed by atoms with E-state index in [1.807, 2.05) is 43.3 Å². The van der Waals surface area contributed by atoms with Crippen molar-refractivity contribution in [2.75, 3.05) is 27.4 Å². The summed E-state index contributed by atoms with van der Waals surface area (Å²) in [6, 6.07) is 16.2. The number of unbranched alkanes of at least 4 members (excludes halogenated alkanes) is 3. The van der Waals surface area contributed by atoms with Crippen LogP contribution in [0.15, 0.2) is 67.9 Å². The van der Waals surface area contributed by atoms with E-state index in [1.165, 1.54) is 66.1 Å². The van der Waals surface area contributed by atoms with Gasteiger partial charge in [0.05, 0.1) is 20.1 Å². The molecule has 324 valence electrons. The molecule has 0 radical (unpaired) electrons. The van der Waals surface area contributed by atoms with E-state index >= 15 is 0 Å². The maximum absolute atomic E-state index is 12.4. The molecule has 0 aromatic heterocycles. The molecule has 2 aromatic carbocycles. The van der Waals surface area contributed by atoms with Crippen LogP contribution in [0.1, 0.15) is 147 Å². The van der Waals surface area contributed by atoms with E-state index in [4.69, 9.17) is 28.4 Å². The van der Waals surface area contributed by atoms with Crippen LogP contribution in [0, 0.1) is 0 Å². The quantitative estimate of drug-likeness (QED) is 0.0655. The fourth-order valence-electron chi connectivity index (χ4n) is 7.84. The van der Waals surface area contributed by atoms with E-state index in [2.05, 4.69) is 74.6 Å². The number of ether oxygens (including phenoxy) is 6. The van der Waals surface area contributed by atoms with Gasteiger partial charge in [0.2, 0.25) is 0 Å². The summed E-state index contributed by atoms with van der Waals surface area (Å²) in [7, 11) is 2.91. The second-order valence-electron chi connectivity index (χ2n) is 15.9. The molecule has 2 aliphatic heterocycles. The van der Waals surface area contributed by atoms with Crippen molar-refractivity contribution < 1.29 is 38.0 Å². The van der Waals surface area contributed by atoms with E-state index in [0.29, 0.717) is 12.8 Å². The molecule has 0 bridgehead atoms. The van der Waals surface area contributed by atoms with Crippen LogP contribution in [0.3, 0.4) is 0 Å². The van der Waals surface area contributed by atoms with Gasteiger partial charge >= 0.3 is 226 Å². The monoisotopic (exact) mass is 1020 g/mol. The molecule has 4 atom stereocenters. The Hall–Kier alpha value is -2.09. The van der Waals surface area contributed by atoms with E-state index < -0.39 is 18.4 Å². The van der Waals surface area contributed by atoms with Gasteiger partial charge in [-0.25, -0.2) is 0 Å². The van der Waals surface area contributed by atoms with E-state index in [0.717, 1.165) is 77.9 Å². The molecule has 2 heterocycles. The zero-order valence-corrected chi connectivity index (χ0v) is 41.7. The molecular formula is C48H73IO8Sn. The number of rotatable bonds is 22. The minimum atomic E-state index is -2.52. The Balaban J connectivity index is 0.000000338. The molecule has 2 aliphatic rings. The van der Waals surface area contributed by atoms with Crippen LogP contribution in [0.4, 0.5) is 0 Å². The average molecular weight is 1020 g/mol. The van der Waals surface area contributed by atoms with Gasteiger partial charge in [-0.05, 0) is 63.6 Å².